The Bertz CT molecular complexity index is 4250. The summed E-state index contributed by atoms with van der Waals surface area (Å²) in [6.07, 6.45) is 26.6. The van der Waals surface area contributed by atoms with E-state index in [-0.39, 0.29) is 101 Å². The van der Waals surface area contributed by atoms with E-state index in [2.05, 4.69) is 55.4 Å². The van der Waals surface area contributed by atoms with Gasteiger partial charge in [-0.1, -0.05) is 191 Å². The largest absolute Gasteiger partial charge is 0.426 e. The molecule has 0 bridgehead atoms. The summed E-state index contributed by atoms with van der Waals surface area (Å²) in [5.74, 6) is 2.74. The molecule has 4 saturated carbocycles. The molecule has 12 rings (SSSR count). The Morgan fingerprint density at radius 2 is 0.426 bits per heavy atom. The number of rotatable bonds is 32. The average molecular weight is 1670 g/mol. The molecule has 16 nitrogen and oxygen atoms in total. The predicted octanol–water partition coefficient (Wildman–Crippen LogP) is 26.0. The van der Waals surface area contributed by atoms with E-state index < -0.39 is 0 Å². The first-order chi connectivity index (χ1) is 59.0. The van der Waals surface area contributed by atoms with E-state index in [9.17, 15) is 38.4 Å². The van der Waals surface area contributed by atoms with E-state index >= 15 is 0 Å². The van der Waals surface area contributed by atoms with Crippen LogP contribution in [0.25, 0.3) is 0 Å². The number of unbranched alkanes of at least 4 members (excludes halogenated alkanes) is 6. The lowest BCUT2D eigenvalue weighted by molar-refractivity contribution is -0.145. The summed E-state index contributed by atoms with van der Waals surface area (Å²) < 4.78 is 44.5. The number of esters is 8. The molecule has 8 aromatic carbocycles. The summed E-state index contributed by atoms with van der Waals surface area (Å²) in [6, 6.07) is 61.6. The molecule has 0 aromatic heterocycles. The van der Waals surface area contributed by atoms with Gasteiger partial charge >= 0.3 is 47.8 Å². The summed E-state index contributed by atoms with van der Waals surface area (Å²) in [5.41, 5.74) is 9.62. The third-order valence-electron chi connectivity index (χ3n) is 23.9. The Kier molecular flexibility index (Phi) is 39.7. The molecule has 660 valence electrons. The second-order valence-electron chi connectivity index (χ2n) is 34.3. The summed E-state index contributed by atoms with van der Waals surface area (Å²) in [7, 11) is 0. The van der Waals surface area contributed by atoms with Crippen LogP contribution < -0.4 is 37.9 Å². The van der Waals surface area contributed by atoms with Crippen molar-refractivity contribution in [3.63, 3.8) is 0 Å². The molecule has 0 atom stereocenters. The third kappa shape index (κ3) is 32.4. The number of aryl methyl sites for hydroxylation is 6. The van der Waals surface area contributed by atoms with Gasteiger partial charge in [0, 0.05) is 5.71 Å². The molecule has 0 amide bonds. The smallest absolute Gasteiger partial charge is 0.314 e. The van der Waals surface area contributed by atoms with Crippen LogP contribution in [0.15, 0.2) is 194 Å². The highest BCUT2D eigenvalue weighted by molar-refractivity contribution is 5.81. The summed E-state index contributed by atoms with van der Waals surface area (Å²) >= 11 is 0. The van der Waals surface area contributed by atoms with Crippen molar-refractivity contribution in [3.05, 3.63) is 239 Å². The Morgan fingerprint density at radius 3 is 0.607 bits per heavy atom. The Morgan fingerprint density at radius 1 is 0.246 bits per heavy atom. The van der Waals surface area contributed by atoms with Gasteiger partial charge in [0.25, 0.3) is 0 Å². The molecule has 0 aliphatic heterocycles. The van der Waals surface area contributed by atoms with Crippen LogP contribution in [-0.4, -0.2) is 47.8 Å². The zero-order valence-electron chi connectivity index (χ0n) is 74.0. The van der Waals surface area contributed by atoms with Crippen LogP contribution in [0.1, 0.15) is 284 Å². The van der Waals surface area contributed by atoms with E-state index in [1.165, 1.54) is 71.9 Å². The van der Waals surface area contributed by atoms with Crippen LogP contribution in [0, 0.1) is 61.2 Å². The van der Waals surface area contributed by atoms with Gasteiger partial charge in [0.15, 0.2) is 0 Å². The van der Waals surface area contributed by atoms with Gasteiger partial charge in [-0.3, -0.25) is 38.4 Å². The molecule has 0 saturated heterocycles. The van der Waals surface area contributed by atoms with Crippen molar-refractivity contribution >= 4 is 47.8 Å². The maximum absolute atomic E-state index is 12.6. The lowest BCUT2D eigenvalue weighted by Crippen LogP contribution is -2.30. The number of hydrogen-bond acceptors (Lipinski definition) is 16. The Balaban J connectivity index is 0.000000296. The minimum atomic E-state index is -0.207. The van der Waals surface area contributed by atoms with Crippen molar-refractivity contribution in [1.82, 2.24) is 0 Å². The fourth-order valence-corrected chi connectivity index (χ4v) is 15.9. The first kappa shape index (κ1) is 95.4. The summed E-state index contributed by atoms with van der Waals surface area (Å²) in [6.45, 7) is 21.2. The van der Waals surface area contributed by atoms with Gasteiger partial charge in [0.2, 0.25) is 0 Å². The molecule has 0 radical (unpaired) electrons. The quantitative estimate of drug-likeness (QED) is 0.0218. The minimum absolute atomic E-state index is 0. The van der Waals surface area contributed by atoms with Gasteiger partial charge in [-0.2, -0.15) is 0 Å². The van der Waals surface area contributed by atoms with E-state index in [1.807, 2.05) is 196 Å². The molecule has 122 heavy (non-hydrogen) atoms. The first-order valence-corrected chi connectivity index (χ1v) is 45.4. The zero-order chi connectivity index (χ0) is 87.1. The Labute approximate surface area is 731 Å². The lowest BCUT2D eigenvalue weighted by Gasteiger charge is -2.25. The normalized spacial score (nSPS) is 18.6. The van der Waals surface area contributed by atoms with Gasteiger partial charge in [-0.05, 0) is 321 Å². The van der Waals surface area contributed by atoms with Crippen LogP contribution >= 0.6 is 0 Å². The van der Waals surface area contributed by atoms with Gasteiger partial charge in [0.05, 0.1) is 47.3 Å². The molecular weight excluding hydrogens is 1530 g/mol. The van der Waals surface area contributed by atoms with E-state index in [0.29, 0.717) is 161 Å². The molecule has 8 aromatic rings. The van der Waals surface area contributed by atoms with Crippen molar-refractivity contribution in [3.8, 4) is 46.0 Å². The molecule has 4 aliphatic rings. The first-order valence-electron chi connectivity index (χ1n) is 45.4. The molecule has 4 aliphatic carbocycles. The molecule has 0 heterocycles. The monoisotopic (exact) mass is 1670 g/mol. The Hall–Kier alpha value is -10.5. The van der Waals surface area contributed by atoms with E-state index in [1.54, 1.807) is 12.1 Å². The van der Waals surface area contributed by atoms with E-state index in [0.717, 1.165) is 62.5 Å². The van der Waals surface area contributed by atoms with Crippen molar-refractivity contribution < 1.29 is 82.0 Å². The summed E-state index contributed by atoms with van der Waals surface area (Å²) in [5, 5.41) is 0. The number of ether oxygens (including phenoxy) is 8. The van der Waals surface area contributed by atoms with Crippen LogP contribution in [-0.2, 0) is 64.0 Å². The van der Waals surface area contributed by atoms with Crippen LogP contribution in [0.2, 0.25) is 0 Å². The van der Waals surface area contributed by atoms with Gasteiger partial charge < -0.3 is 37.9 Å². The lowest BCUT2D eigenvalue weighted by atomic mass is 9.82. The standard InChI is InChI=1S/C30H40O4.C28H36O4.C26H32O4.C22H24O4.4H2/c1-3-5-7-9-23-11-19-27(20-12-23)33-29(31)25-15-17-26(18-16-25)30(32)34-28-21-13-24(14-22-28)10-8-6-4-2;1-3-5-7-21-9-17-25(18-10-21)31-27(29)23-13-15-24(16-14-23)28(30)32-26-19-11-22(12-20-26)8-6-4-2;1-17(2)19-9-13-23(14-10-19)29-25(27)21-5-7-22(8-6-21)26(28)30-24-15-11-20(12-16-24)18(3)4;1-15-5-3-7-19(13-15)25-21(23)17-9-11-18(12-10-17)22(24)26-20-8-4-6-16(2)14-20;;;;/h11-14,19-22,25-26H,3-10,15-18H2,1-2H3;9-12,17-20,23-24H,3-8,13-16H2,1-2H3;9-18,21-22H,5-8H2,1-4H3;3-8,13-14,17-18H,9-12H2,1-2H3;4*1H. The van der Waals surface area contributed by atoms with Crippen LogP contribution in [0.3, 0.4) is 0 Å². The molecule has 0 unspecified atom stereocenters. The molecule has 0 N–H and O–H groups in total. The van der Waals surface area contributed by atoms with Crippen molar-refractivity contribution in [2.45, 2.75) is 274 Å². The highest BCUT2D eigenvalue weighted by Gasteiger charge is 2.37. The topological polar surface area (TPSA) is 210 Å². The molecular formula is C106H140O16. The summed E-state index contributed by atoms with van der Waals surface area (Å²) in [4.78, 5) is 100. The van der Waals surface area contributed by atoms with Gasteiger partial charge in [0.1, 0.15) is 46.0 Å². The second kappa shape index (κ2) is 50.8. The minimum Gasteiger partial charge on any atom is -0.426 e. The average Bonchev–Trinajstić information content (AvgIpc) is 0.841. The van der Waals surface area contributed by atoms with Crippen molar-refractivity contribution in [2.75, 3.05) is 0 Å². The van der Waals surface area contributed by atoms with Gasteiger partial charge in [-0.25, -0.2) is 0 Å². The van der Waals surface area contributed by atoms with Crippen molar-refractivity contribution in [2.24, 2.45) is 47.3 Å². The molecule has 4 fully saturated rings. The van der Waals surface area contributed by atoms with Crippen LogP contribution in [0.5, 0.6) is 46.0 Å². The molecule has 0 spiro atoms. The number of carbonyl (C=O) groups is 8. The SMILES string of the molecule is CC(C)c1ccc(OC(=O)C2CCC(C(=O)Oc3ccc(C(C)C)cc3)CC2)cc1.CCCCCc1ccc(OC(=O)C2CCC(C(=O)Oc3ccc(CCCCC)cc3)CC2)cc1.CCCCc1ccc(OC(=O)C2CCC(C(=O)Oc3ccc(CCCC)cc3)CC2)cc1.Cc1cccc(OC(=O)C2CCC(C(=O)Oc3cccc(C)c3)CC2)c1.[HH].[HH].[HH].[HH]. The maximum Gasteiger partial charge on any atom is 0.314 e. The van der Waals surface area contributed by atoms with Crippen LogP contribution in [0.4, 0.5) is 0 Å². The fraction of sp³-hybridized carbons (Fsp3) is 0.472. The second-order valence-corrected chi connectivity index (χ2v) is 34.3. The number of hydrogen-bond donors (Lipinski definition) is 0. The fourth-order valence-electron chi connectivity index (χ4n) is 15.9. The third-order valence-corrected chi connectivity index (χ3v) is 23.9. The number of carbonyl (C=O) groups excluding carboxylic acids is 8. The van der Waals surface area contributed by atoms with Crippen molar-refractivity contribution in [1.29, 1.82) is 0 Å². The highest BCUT2D eigenvalue weighted by Crippen LogP contribution is 2.37. The highest BCUT2D eigenvalue weighted by atomic mass is 16.6. The molecule has 16 heteroatoms. The predicted molar refractivity (Wildman–Crippen MR) is 488 cm³/mol. The van der Waals surface area contributed by atoms with E-state index in [4.69, 9.17) is 37.9 Å². The van der Waals surface area contributed by atoms with Gasteiger partial charge in [-0.15, -0.1) is 0 Å². The maximum atomic E-state index is 12.6. The number of benzene rings is 8. The zero-order valence-corrected chi connectivity index (χ0v) is 74.0.